The normalized spacial score (nSPS) is 21.6. The summed E-state index contributed by atoms with van der Waals surface area (Å²) in [5.41, 5.74) is 7.08. The minimum absolute atomic E-state index is 0.221. The van der Waals surface area contributed by atoms with Crippen molar-refractivity contribution in [1.29, 1.82) is 0 Å². The first kappa shape index (κ1) is 22.7. The Labute approximate surface area is 181 Å². The minimum atomic E-state index is -0.733. The van der Waals surface area contributed by atoms with Crippen molar-refractivity contribution in [3.8, 4) is 0 Å². The molecule has 2 heterocycles. The van der Waals surface area contributed by atoms with Crippen molar-refractivity contribution < 1.29 is 23.9 Å². The molecule has 0 unspecified atom stereocenters. The highest BCUT2D eigenvalue weighted by Gasteiger charge is 2.38. The molecule has 2 saturated heterocycles. The number of methoxy groups -OCH3 is 1. The molecule has 3 atom stereocenters. The van der Waals surface area contributed by atoms with E-state index in [4.69, 9.17) is 10.5 Å². The third-order valence-electron chi connectivity index (χ3n) is 5.91. The Bertz CT molecular complexity index is 815. The largest absolute Gasteiger partial charge is 0.467 e. The number of likely N-dealkylation sites (tertiary alicyclic amines) is 2. The third kappa shape index (κ3) is 5.41. The number of benzene rings is 1. The second kappa shape index (κ2) is 10.4. The van der Waals surface area contributed by atoms with Gasteiger partial charge in [0.15, 0.2) is 0 Å². The van der Waals surface area contributed by atoms with Crippen molar-refractivity contribution in [3.63, 3.8) is 0 Å². The first-order valence-electron chi connectivity index (χ1n) is 10.7. The Morgan fingerprint density at radius 2 is 1.71 bits per heavy atom. The van der Waals surface area contributed by atoms with Crippen LogP contribution in [0.3, 0.4) is 0 Å². The quantitative estimate of drug-likeness (QED) is 0.579. The standard InChI is InChI=1S/C22H30N4O5/c1-31-22(30)18-10-6-11-25(18)19(27)14-24-20(28)17-9-5-12-26(17)21(29)16(23)13-15-7-3-2-4-8-15/h2-4,7-8,16-18H,5-6,9-14,23H2,1H3,(H,24,28)/t16-,17-,18-/m0/s1. The Hall–Kier alpha value is -2.94. The minimum Gasteiger partial charge on any atom is -0.467 e. The second-order valence-electron chi connectivity index (χ2n) is 7.97. The maximum absolute atomic E-state index is 12.9. The molecule has 3 N–H and O–H groups in total. The molecule has 2 aliphatic heterocycles. The highest BCUT2D eigenvalue weighted by Crippen LogP contribution is 2.20. The van der Waals surface area contributed by atoms with E-state index in [1.54, 1.807) is 0 Å². The first-order chi connectivity index (χ1) is 14.9. The zero-order chi connectivity index (χ0) is 22.4. The summed E-state index contributed by atoms with van der Waals surface area (Å²) in [5.74, 6) is -1.42. The molecule has 31 heavy (non-hydrogen) atoms. The molecule has 0 spiro atoms. The Balaban J connectivity index is 1.54. The highest BCUT2D eigenvalue weighted by atomic mass is 16.5. The molecule has 1 aromatic carbocycles. The van der Waals surface area contributed by atoms with Crippen LogP contribution in [0.25, 0.3) is 0 Å². The van der Waals surface area contributed by atoms with E-state index >= 15 is 0 Å². The number of hydrogen-bond donors (Lipinski definition) is 2. The van der Waals surface area contributed by atoms with Crippen molar-refractivity contribution in [3.05, 3.63) is 35.9 Å². The maximum Gasteiger partial charge on any atom is 0.328 e. The number of carbonyl (C=O) groups is 4. The van der Waals surface area contributed by atoms with E-state index in [1.165, 1.54) is 16.9 Å². The Kier molecular flexibility index (Phi) is 7.62. The molecule has 2 fully saturated rings. The molecule has 0 radical (unpaired) electrons. The van der Waals surface area contributed by atoms with E-state index in [9.17, 15) is 19.2 Å². The van der Waals surface area contributed by atoms with Gasteiger partial charge in [0.2, 0.25) is 17.7 Å². The lowest BCUT2D eigenvalue weighted by Crippen LogP contribution is -2.53. The average Bonchev–Trinajstić information content (AvgIpc) is 3.46. The molecule has 0 bridgehead atoms. The predicted octanol–water partition coefficient (Wildman–Crippen LogP) is -0.172. The molecule has 9 heteroatoms. The summed E-state index contributed by atoms with van der Waals surface area (Å²) in [5, 5.41) is 2.64. The lowest BCUT2D eigenvalue weighted by molar-refractivity contribution is -0.150. The summed E-state index contributed by atoms with van der Waals surface area (Å²) in [7, 11) is 1.29. The summed E-state index contributed by atoms with van der Waals surface area (Å²) in [6, 6.07) is 7.52. The van der Waals surface area contributed by atoms with Gasteiger partial charge < -0.3 is 25.6 Å². The van der Waals surface area contributed by atoms with Gasteiger partial charge >= 0.3 is 5.97 Å². The third-order valence-corrected chi connectivity index (χ3v) is 5.91. The number of nitrogens with zero attached hydrogens (tertiary/aromatic N) is 2. The molecule has 0 aliphatic carbocycles. The highest BCUT2D eigenvalue weighted by molar-refractivity contribution is 5.93. The summed E-state index contributed by atoms with van der Waals surface area (Å²) in [6.07, 6.45) is 2.89. The van der Waals surface area contributed by atoms with Crippen LogP contribution < -0.4 is 11.1 Å². The van der Waals surface area contributed by atoms with E-state index in [0.29, 0.717) is 45.2 Å². The molecule has 2 aliphatic rings. The topological polar surface area (TPSA) is 122 Å². The molecule has 3 amide bonds. The fourth-order valence-electron chi connectivity index (χ4n) is 4.30. The number of nitrogens with two attached hydrogens (primary N) is 1. The molecule has 168 valence electrons. The predicted molar refractivity (Wildman–Crippen MR) is 113 cm³/mol. The average molecular weight is 431 g/mol. The summed E-state index contributed by atoms with van der Waals surface area (Å²) in [6.45, 7) is 0.696. The van der Waals surface area contributed by atoms with Crippen LogP contribution in [0.1, 0.15) is 31.2 Å². The molecular weight excluding hydrogens is 400 g/mol. The van der Waals surface area contributed by atoms with Gasteiger partial charge in [-0.15, -0.1) is 0 Å². The molecule has 1 aromatic rings. The summed E-state index contributed by atoms with van der Waals surface area (Å²) in [4.78, 5) is 52.9. The molecule has 0 saturated carbocycles. The van der Waals surface area contributed by atoms with Crippen molar-refractivity contribution >= 4 is 23.7 Å². The molecule has 3 rings (SSSR count). The van der Waals surface area contributed by atoms with E-state index < -0.39 is 24.1 Å². The van der Waals surface area contributed by atoms with Gasteiger partial charge in [0.05, 0.1) is 19.7 Å². The van der Waals surface area contributed by atoms with Crippen molar-refractivity contribution in [2.24, 2.45) is 5.73 Å². The first-order valence-corrected chi connectivity index (χ1v) is 10.7. The lowest BCUT2D eigenvalue weighted by atomic mass is 10.1. The van der Waals surface area contributed by atoms with E-state index in [0.717, 1.165) is 5.56 Å². The van der Waals surface area contributed by atoms with Crippen LogP contribution in [0.5, 0.6) is 0 Å². The van der Waals surface area contributed by atoms with Gasteiger partial charge in [0.25, 0.3) is 0 Å². The molecular formula is C22H30N4O5. The molecule has 9 nitrogen and oxygen atoms in total. The number of ether oxygens (including phenoxy) is 1. The van der Waals surface area contributed by atoms with Crippen molar-refractivity contribution in [2.45, 2.75) is 50.2 Å². The number of hydrogen-bond acceptors (Lipinski definition) is 6. The SMILES string of the molecule is COC(=O)[C@@H]1CCCN1C(=O)CNC(=O)[C@@H]1CCCN1C(=O)[C@@H](N)Cc1ccccc1. The van der Waals surface area contributed by atoms with Gasteiger partial charge in [-0.05, 0) is 37.7 Å². The van der Waals surface area contributed by atoms with Gasteiger partial charge in [-0.3, -0.25) is 14.4 Å². The van der Waals surface area contributed by atoms with Crippen LogP contribution in [0, 0.1) is 0 Å². The van der Waals surface area contributed by atoms with Gasteiger partial charge in [-0.2, -0.15) is 0 Å². The van der Waals surface area contributed by atoms with Gasteiger partial charge in [-0.1, -0.05) is 30.3 Å². The number of rotatable bonds is 7. The van der Waals surface area contributed by atoms with E-state index in [2.05, 4.69) is 5.32 Å². The second-order valence-corrected chi connectivity index (χ2v) is 7.97. The summed E-state index contributed by atoms with van der Waals surface area (Å²) >= 11 is 0. The van der Waals surface area contributed by atoms with E-state index in [-0.39, 0.29) is 24.3 Å². The monoisotopic (exact) mass is 430 g/mol. The maximum atomic E-state index is 12.9. The number of amides is 3. The van der Waals surface area contributed by atoms with Gasteiger partial charge in [0, 0.05) is 13.1 Å². The Morgan fingerprint density at radius 1 is 1.06 bits per heavy atom. The van der Waals surface area contributed by atoms with Crippen LogP contribution in [0.15, 0.2) is 30.3 Å². The van der Waals surface area contributed by atoms with Crippen LogP contribution in [-0.2, 0) is 30.3 Å². The van der Waals surface area contributed by atoms with Crippen LogP contribution in [0.4, 0.5) is 0 Å². The summed E-state index contributed by atoms with van der Waals surface area (Å²) < 4.78 is 4.75. The van der Waals surface area contributed by atoms with Crippen LogP contribution in [0.2, 0.25) is 0 Å². The van der Waals surface area contributed by atoms with Crippen LogP contribution >= 0.6 is 0 Å². The molecule has 0 aromatic heterocycles. The number of nitrogens with one attached hydrogen (secondary N) is 1. The van der Waals surface area contributed by atoms with Crippen molar-refractivity contribution in [1.82, 2.24) is 15.1 Å². The zero-order valence-corrected chi connectivity index (χ0v) is 17.8. The Morgan fingerprint density at radius 3 is 2.39 bits per heavy atom. The van der Waals surface area contributed by atoms with Gasteiger partial charge in [-0.25, -0.2) is 4.79 Å². The van der Waals surface area contributed by atoms with E-state index in [1.807, 2.05) is 30.3 Å². The zero-order valence-electron chi connectivity index (χ0n) is 17.8. The fourth-order valence-corrected chi connectivity index (χ4v) is 4.30. The van der Waals surface area contributed by atoms with Crippen LogP contribution in [-0.4, -0.2) is 78.4 Å². The lowest BCUT2D eigenvalue weighted by Gasteiger charge is -2.27. The smallest absolute Gasteiger partial charge is 0.328 e. The van der Waals surface area contributed by atoms with Gasteiger partial charge in [0.1, 0.15) is 12.1 Å². The van der Waals surface area contributed by atoms with Crippen molar-refractivity contribution in [2.75, 3.05) is 26.7 Å². The number of carbonyl (C=O) groups excluding carboxylic acids is 4. The fraction of sp³-hybridized carbons (Fsp3) is 0.545. The number of esters is 1.